The Morgan fingerprint density at radius 1 is 1.18 bits per heavy atom. The number of nitrogens with one attached hydrogen (secondary N) is 1. The molecule has 0 fully saturated rings. The summed E-state index contributed by atoms with van der Waals surface area (Å²) in [6.45, 7) is 4.60. The number of carbonyl (C=O) groups is 2. The zero-order valence-corrected chi connectivity index (χ0v) is 20.0. The number of para-hydroxylation sites is 1. The van der Waals surface area contributed by atoms with Crippen LogP contribution in [0.25, 0.3) is 0 Å². The minimum atomic E-state index is -0.464. The second-order valence-corrected chi connectivity index (χ2v) is 8.77. The maximum Gasteiger partial charge on any atom is 0.411 e. The predicted molar refractivity (Wildman–Crippen MR) is 134 cm³/mol. The number of unbranched alkanes of at least 4 members (excludes halogenated alkanes) is 3. The molecule has 1 aromatic rings. The van der Waals surface area contributed by atoms with E-state index in [4.69, 9.17) is 4.74 Å². The highest BCUT2D eigenvalue weighted by Crippen LogP contribution is 2.28. The highest BCUT2D eigenvalue weighted by Gasteiger charge is 2.27. The van der Waals surface area contributed by atoms with Crippen molar-refractivity contribution in [2.75, 3.05) is 11.9 Å². The van der Waals surface area contributed by atoms with E-state index >= 15 is 0 Å². The van der Waals surface area contributed by atoms with Crippen LogP contribution in [0.2, 0.25) is 0 Å². The van der Waals surface area contributed by atoms with Crippen molar-refractivity contribution >= 4 is 17.6 Å². The zero-order chi connectivity index (χ0) is 23.9. The number of ether oxygens (including phenoxy) is 1. The molecule has 0 spiro atoms. The van der Waals surface area contributed by atoms with Gasteiger partial charge in [0.15, 0.2) is 5.78 Å². The summed E-state index contributed by atoms with van der Waals surface area (Å²) in [5, 5.41) is 13.0. The van der Waals surface area contributed by atoms with E-state index < -0.39 is 12.2 Å². The van der Waals surface area contributed by atoms with Gasteiger partial charge in [0.1, 0.15) is 0 Å². The van der Waals surface area contributed by atoms with Crippen molar-refractivity contribution in [2.45, 2.75) is 64.9 Å². The lowest BCUT2D eigenvalue weighted by molar-refractivity contribution is -0.117. The molecule has 1 aliphatic rings. The van der Waals surface area contributed by atoms with Crippen molar-refractivity contribution in [2.24, 2.45) is 17.8 Å². The van der Waals surface area contributed by atoms with Gasteiger partial charge in [-0.1, -0.05) is 75.3 Å². The van der Waals surface area contributed by atoms with Crippen molar-refractivity contribution in [3.63, 3.8) is 0 Å². The molecule has 1 amide bonds. The van der Waals surface area contributed by atoms with Crippen LogP contribution < -0.4 is 5.32 Å². The predicted octanol–water partition coefficient (Wildman–Crippen LogP) is 6.47. The summed E-state index contributed by atoms with van der Waals surface area (Å²) < 4.78 is 5.19. The van der Waals surface area contributed by atoms with Gasteiger partial charge in [-0.3, -0.25) is 10.1 Å². The molecule has 2 rings (SSSR count). The van der Waals surface area contributed by atoms with Crippen LogP contribution in [0.3, 0.4) is 0 Å². The molecule has 0 radical (unpaired) electrons. The Labute approximate surface area is 198 Å². The second kappa shape index (κ2) is 15.2. The molecule has 33 heavy (non-hydrogen) atoms. The number of hydrogen-bond acceptors (Lipinski definition) is 4. The largest absolute Gasteiger partial charge is 0.449 e. The van der Waals surface area contributed by atoms with Gasteiger partial charge in [0.25, 0.3) is 0 Å². The normalized spacial score (nSPS) is 19.9. The minimum absolute atomic E-state index is 0.0479. The van der Waals surface area contributed by atoms with E-state index in [9.17, 15) is 14.7 Å². The fraction of sp³-hybridized carbons (Fsp3) is 0.500. The molecule has 5 nitrogen and oxygen atoms in total. The fourth-order valence-corrected chi connectivity index (χ4v) is 3.82. The molecule has 5 heteroatoms. The highest BCUT2D eigenvalue weighted by molar-refractivity contribution is 5.95. The summed E-state index contributed by atoms with van der Waals surface area (Å²) in [5.41, 5.74) is 0.718. The Morgan fingerprint density at radius 3 is 2.73 bits per heavy atom. The van der Waals surface area contributed by atoms with Gasteiger partial charge in [0.2, 0.25) is 0 Å². The van der Waals surface area contributed by atoms with Gasteiger partial charge in [0, 0.05) is 17.5 Å². The lowest BCUT2D eigenvalue weighted by Crippen LogP contribution is -2.17. The molecule has 1 aliphatic carbocycles. The zero-order valence-electron chi connectivity index (χ0n) is 20.0. The second-order valence-electron chi connectivity index (χ2n) is 8.77. The van der Waals surface area contributed by atoms with Crippen LogP contribution in [0.1, 0.15) is 58.8 Å². The molecule has 4 atom stereocenters. The Balaban J connectivity index is 1.62. The van der Waals surface area contributed by atoms with Gasteiger partial charge in [0.05, 0.1) is 12.7 Å². The summed E-state index contributed by atoms with van der Waals surface area (Å²) >= 11 is 0. The molecule has 2 N–H and O–H groups in total. The topological polar surface area (TPSA) is 75.6 Å². The number of anilines is 1. The number of ketones is 1. The smallest absolute Gasteiger partial charge is 0.411 e. The third-order valence-corrected chi connectivity index (χ3v) is 6.01. The number of aliphatic hydroxyl groups excluding tert-OH is 1. The molecule has 0 saturated heterocycles. The minimum Gasteiger partial charge on any atom is -0.449 e. The number of allylic oxidation sites excluding steroid dienone is 5. The number of amides is 1. The monoisotopic (exact) mass is 453 g/mol. The molecular formula is C28H39NO4. The maximum atomic E-state index is 12.2. The molecule has 0 aliphatic heterocycles. The fourth-order valence-electron chi connectivity index (χ4n) is 3.82. The van der Waals surface area contributed by atoms with Crippen LogP contribution in [-0.2, 0) is 9.53 Å². The van der Waals surface area contributed by atoms with Crippen molar-refractivity contribution in [1.82, 2.24) is 0 Å². The van der Waals surface area contributed by atoms with Gasteiger partial charge in [-0.15, -0.1) is 0 Å². The Kier molecular flexibility index (Phi) is 12.3. The van der Waals surface area contributed by atoms with Gasteiger partial charge in [-0.05, 0) is 56.2 Å². The Morgan fingerprint density at radius 2 is 1.97 bits per heavy atom. The van der Waals surface area contributed by atoms with Crippen LogP contribution >= 0.6 is 0 Å². The van der Waals surface area contributed by atoms with Crippen LogP contribution in [0, 0.1) is 17.8 Å². The molecule has 0 heterocycles. The summed E-state index contributed by atoms with van der Waals surface area (Å²) in [7, 11) is 0. The van der Waals surface area contributed by atoms with Crippen LogP contribution in [-0.4, -0.2) is 29.7 Å². The van der Waals surface area contributed by atoms with E-state index in [-0.39, 0.29) is 23.5 Å². The third-order valence-electron chi connectivity index (χ3n) is 6.01. The first-order valence-corrected chi connectivity index (χ1v) is 12.2. The number of rotatable bonds is 14. The first-order chi connectivity index (χ1) is 16.0. The first-order valence-electron chi connectivity index (χ1n) is 12.2. The van der Waals surface area contributed by atoms with Crippen LogP contribution in [0.4, 0.5) is 10.5 Å². The van der Waals surface area contributed by atoms with E-state index in [0.29, 0.717) is 13.0 Å². The Bertz CT molecular complexity index is 799. The van der Waals surface area contributed by atoms with E-state index in [1.807, 2.05) is 48.6 Å². The van der Waals surface area contributed by atoms with Gasteiger partial charge in [-0.25, -0.2) is 4.79 Å². The molecule has 0 saturated carbocycles. The first kappa shape index (κ1) is 26.6. The van der Waals surface area contributed by atoms with Crippen molar-refractivity contribution in [1.29, 1.82) is 0 Å². The van der Waals surface area contributed by atoms with Gasteiger partial charge in [-0.2, -0.15) is 0 Å². The summed E-state index contributed by atoms with van der Waals surface area (Å²) in [6.07, 6.45) is 17.3. The molecule has 0 aromatic heterocycles. The third kappa shape index (κ3) is 10.2. The van der Waals surface area contributed by atoms with Crippen molar-refractivity contribution < 1.29 is 19.4 Å². The van der Waals surface area contributed by atoms with E-state index in [1.54, 1.807) is 6.08 Å². The average molecular weight is 454 g/mol. The van der Waals surface area contributed by atoms with E-state index in [1.165, 1.54) is 0 Å². The number of hydrogen-bond donors (Lipinski definition) is 2. The maximum absolute atomic E-state index is 12.2. The number of aliphatic hydroxyl groups is 1. The van der Waals surface area contributed by atoms with Crippen LogP contribution in [0.15, 0.2) is 66.8 Å². The molecule has 1 aromatic carbocycles. The molecule has 1 unspecified atom stereocenters. The summed E-state index contributed by atoms with van der Waals surface area (Å²) in [6, 6.07) is 9.23. The van der Waals surface area contributed by atoms with Crippen molar-refractivity contribution in [3.8, 4) is 0 Å². The van der Waals surface area contributed by atoms with Crippen LogP contribution in [0.5, 0.6) is 0 Å². The van der Waals surface area contributed by atoms with Crippen molar-refractivity contribution in [3.05, 3.63) is 66.8 Å². The number of benzene rings is 1. The lowest BCUT2D eigenvalue weighted by Gasteiger charge is -2.17. The van der Waals surface area contributed by atoms with Gasteiger partial charge < -0.3 is 9.84 Å². The van der Waals surface area contributed by atoms with Gasteiger partial charge >= 0.3 is 6.09 Å². The van der Waals surface area contributed by atoms with E-state index in [2.05, 4.69) is 31.3 Å². The summed E-state index contributed by atoms with van der Waals surface area (Å²) in [5.74, 6) is 0.349. The standard InChI is InChI=1S/C28H39NO4/c1-3-4-13-22(2)26(30)19-17-23-18-20-27(31)25(23)16-11-6-5-7-12-21-33-28(32)29-24-14-9-8-10-15-24/h6,8-11,14-15,17-20,22-23,25-26,30H,3-5,7,12-13,16,21H2,1-2H3,(H,29,32)/t22?,23-,25+,26+/m0/s1. The van der Waals surface area contributed by atoms with E-state index in [0.717, 1.165) is 44.2 Å². The molecular weight excluding hydrogens is 414 g/mol. The Hall–Kier alpha value is -2.66. The highest BCUT2D eigenvalue weighted by atomic mass is 16.5. The quantitative estimate of drug-likeness (QED) is 0.250. The average Bonchev–Trinajstić information content (AvgIpc) is 3.17. The molecule has 180 valence electrons. The SMILES string of the molecule is CCCCC(C)[C@H](O)C=C[C@H]1C=CC(=O)[C@@H]1CC=CCCCCOC(=O)Nc1ccccc1. The number of carbonyl (C=O) groups excluding carboxylic acids is 2. The lowest BCUT2D eigenvalue weighted by atomic mass is 9.89. The molecule has 0 bridgehead atoms. The summed E-state index contributed by atoms with van der Waals surface area (Å²) in [4.78, 5) is 24.0.